The van der Waals surface area contributed by atoms with E-state index in [0.717, 1.165) is 24.2 Å². The van der Waals surface area contributed by atoms with Crippen LogP contribution in [0.3, 0.4) is 0 Å². The van der Waals surface area contributed by atoms with E-state index in [0.29, 0.717) is 18.2 Å². The van der Waals surface area contributed by atoms with E-state index < -0.39 is 10.0 Å². The molecule has 0 saturated carbocycles. The zero-order valence-corrected chi connectivity index (χ0v) is 17.9. The molecule has 0 aliphatic carbocycles. The van der Waals surface area contributed by atoms with E-state index in [1.807, 2.05) is 50.2 Å². The minimum Gasteiger partial charge on any atom is -0.439 e. The summed E-state index contributed by atoms with van der Waals surface area (Å²) in [5.41, 5.74) is 0.948. The van der Waals surface area contributed by atoms with Crippen molar-refractivity contribution in [1.82, 2.24) is 14.7 Å². The van der Waals surface area contributed by atoms with Crippen LogP contribution in [0, 0.1) is 0 Å². The first kappa shape index (κ1) is 21.7. The summed E-state index contributed by atoms with van der Waals surface area (Å²) >= 11 is 0. The van der Waals surface area contributed by atoms with Crippen molar-refractivity contribution in [2.24, 2.45) is 0 Å². The number of rotatable bonds is 10. The highest BCUT2D eigenvalue weighted by Crippen LogP contribution is 2.19. The van der Waals surface area contributed by atoms with Crippen molar-refractivity contribution in [1.29, 1.82) is 0 Å². The van der Waals surface area contributed by atoms with Gasteiger partial charge in [0.25, 0.3) is 0 Å². The van der Waals surface area contributed by atoms with Crippen molar-refractivity contribution in [3.05, 3.63) is 72.6 Å². The largest absolute Gasteiger partial charge is 0.439 e. The third-order valence-corrected chi connectivity index (χ3v) is 6.10. The number of sulfonamides is 1. The van der Waals surface area contributed by atoms with Crippen LogP contribution in [-0.2, 0) is 16.6 Å². The summed E-state index contributed by atoms with van der Waals surface area (Å²) in [6.07, 6.45) is 4.57. The second kappa shape index (κ2) is 10.2. The fourth-order valence-corrected chi connectivity index (χ4v) is 4.11. The lowest BCUT2D eigenvalue weighted by atomic mass is 10.2. The third kappa shape index (κ3) is 6.01. The summed E-state index contributed by atoms with van der Waals surface area (Å²) in [6, 6.07) is 16.3. The molecule has 3 rings (SSSR count). The van der Waals surface area contributed by atoms with Crippen LogP contribution < -0.4 is 14.8 Å². The molecule has 0 unspecified atom stereocenters. The van der Waals surface area contributed by atoms with Crippen LogP contribution >= 0.6 is 0 Å². The van der Waals surface area contributed by atoms with Crippen molar-refractivity contribution in [3.8, 4) is 11.6 Å². The van der Waals surface area contributed by atoms with Gasteiger partial charge in [0.15, 0.2) is 0 Å². The van der Waals surface area contributed by atoms with E-state index in [2.05, 4.69) is 20.0 Å². The SMILES string of the molecule is CCC(CC)NS(=O)(=O)c1ccc(NCc2ccc(Oc3ccccc3)nc2)nc1. The molecule has 3 aromatic rings. The van der Waals surface area contributed by atoms with Crippen LogP contribution in [0.25, 0.3) is 0 Å². The van der Waals surface area contributed by atoms with Crippen LogP contribution in [0.4, 0.5) is 5.82 Å². The van der Waals surface area contributed by atoms with Crippen LogP contribution in [0.1, 0.15) is 32.3 Å². The smallest absolute Gasteiger partial charge is 0.242 e. The normalized spacial score (nSPS) is 11.4. The summed E-state index contributed by atoms with van der Waals surface area (Å²) in [5, 5.41) is 3.16. The summed E-state index contributed by atoms with van der Waals surface area (Å²) in [7, 11) is -3.56. The van der Waals surface area contributed by atoms with Crippen molar-refractivity contribution >= 4 is 15.8 Å². The highest BCUT2D eigenvalue weighted by Gasteiger charge is 2.18. The van der Waals surface area contributed by atoms with Gasteiger partial charge in [-0.05, 0) is 42.7 Å². The molecule has 158 valence electrons. The first-order valence-corrected chi connectivity index (χ1v) is 11.4. The van der Waals surface area contributed by atoms with Crippen LogP contribution in [-0.4, -0.2) is 24.4 Å². The fourth-order valence-electron chi connectivity index (χ4n) is 2.76. The van der Waals surface area contributed by atoms with Gasteiger partial charge in [-0.3, -0.25) is 0 Å². The molecule has 7 nitrogen and oxygen atoms in total. The maximum atomic E-state index is 12.4. The van der Waals surface area contributed by atoms with Crippen LogP contribution in [0.2, 0.25) is 0 Å². The quantitative estimate of drug-likeness (QED) is 0.501. The van der Waals surface area contributed by atoms with Gasteiger partial charge in [0.05, 0.1) is 0 Å². The van der Waals surface area contributed by atoms with Crippen molar-refractivity contribution in [2.75, 3.05) is 5.32 Å². The zero-order valence-electron chi connectivity index (χ0n) is 17.1. The summed E-state index contributed by atoms with van der Waals surface area (Å²) in [4.78, 5) is 8.68. The molecule has 0 fully saturated rings. The Morgan fingerprint density at radius 2 is 1.70 bits per heavy atom. The maximum Gasteiger partial charge on any atom is 0.242 e. The number of benzene rings is 1. The minimum absolute atomic E-state index is 0.0749. The van der Waals surface area contributed by atoms with Crippen molar-refractivity contribution in [2.45, 2.75) is 44.2 Å². The summed E-state index contributed by atoms with van der Waals surface area (Å²) in [5.74, 6) is 1.83. The number of aromatic nitrogens is 2. The van der Waals surface area contributed by atoms with Crippen molar-refractivity contribution in [3.63, 3.8) is 0 Å². The second-order valence-corrected chi connectivity index (χ2v) is 8.50. The van der Waals surface area contributed by atoms with Gasteiger partial charge in [-0.2, -0.15) is 0 Å². The number of nitrogens with one attached hydrogen (secondary N) is 2. The molecule has 0 radical (unpaired) electrons. The highest BCUT2D eigenvalue weighted by molar-refractivity contribution is 7.89. The molecule has 0 atom stereocenters. The van der Waals surface area contributed by atoms with Gasteiger partial charge < -0.3 is 10.1 Å². The summed E-state index contributed by atoms with van der Waals surface area (Å²) in [6.45, 7) is 4.41. The topological polar surface area (TPSA) is 93.2 Å². The Balaban J connectivity index is 1.56. The average molecular weight is 427 g/mol. The van der Waals surface area contributed by atoms with Gasteiger partial charge in [0.2, 0.25) is 15.9 Å². The second-order valence-electron chi connectivity index (χ2n) is 6.79. The van der Waals surface area contributed by atoms with E-state index in [9.17, 15) is 8.42 Å². The lowest BCUT2D eigenvalue weighted by molar-refractivity contribution is 0.462. The Bertz CT molecular complexity index is 1020. The number of hydrogen-bond donors (Lipinski definition) is 2. The molecule has 0 aliphatic rings. The Morgan fingerprint density at radius 1 is 0.933 bits per heavy atom. The van der Waals surface area contributed by atoms with Crippen LogP contribution in [0.15, 0.2) is 71.9 Å². The molecule has 0 aliphatic heterocycles. The molecule has 0 spiro atoms. The number of pyridine rings is 2. The van der Waals surface area contributed by atoms with Gasteiger partial charge in [0, 0.05) is 31.0 Å². The molecule has 2 heterocycles. The molecular formula is C22H26N4O3S. The standard InChI is InChI=1S/C22H26N4O3S/c1-3-18(4-2)26-30(27,28)20-11-12-21(24-16-20)23-14-17-10-13-22(25-15-17)29-19-8-6-5-7-9-19/h5-13,15-16,18,26H,3-4,14H2,1-2H3,(H,23,24). The molecule has 0 bridgehead atoms. The predicted octanol–water partition coefficient (Wildman–Crippen LogP) is 4.35. The van der Waals surface area contributed by atoms with Gasteiger partial charge in [0.1, 0.15) is 16.5 Å². The zero-order chi connectivity index (χ0) is 21.4. The van der Waals surface area contributed by atoms with Gasteiger partial charge in [-0.15, -0.1) is 0 Å². The molecule has 0 amide bonds. The molecule has 30 heavy (non-hydrogen) atoms. The Morgan fingerprint density at radius 3 is 2.30 bits per heavy atom. The number of anilines is 1. The Hall–Kier alpha value is -2.97. The molecule has 0 saturated heterocycles. The highest BCUT2D eigenvalue weighted by atomic mass is 32.2. The molecule has 2 N–H and O–H groups in total. The Labute approximate surface area is 177 Å². The van der Waals surface area contributed by atoms with Gasteiger partial charge in [-0.1, -0.05) is 38.1 Å². The average Bonchev–Trinajstić information content (AvgIpc) is 2.78. The number of para-hydroxylation sites is 1. The lowest BCUT2D eigenvalue weighted by Gasteiger charge is -2.15. The number of ether oxygens (including phenoxy) is 1. The predicted molar refractivity (Wildman–Crippen MR) is 117 cm³/mol. The first-order chi connectivity index (χ1) is 14.5. The number of hydrogen-bond acceptors (Lipinski definition) is 6. The van der Waals surface area contributed by atoms with E-state index in [1.54, 1.807) is 24.4 Å². The van der Waals surface area contributed by atoms with Gasteiger partial charge >= 0.3 is 0 Å². The third-order valence-electron chi connectivity index (χ3n) is 4.59. The molecule has 8 heteroatoms. The molecule has 2 aromatic heterocycles. The monoisotopic (exact) mass is 426 g/mol. The molecular weight excluding hydrogens is 400 g/mol. The van der Waals surface area contributed by atoms with E-state index >= 15 is 0 Å². The fraction of sp³-hybridized carbons (Fsp3) is 0.273. The lowest BCUT2D eigenvalue weighted by Crippen LogP contribution is -2.33. The summed E-state index contributed by atoms with van der Waals surface area (Å²) < 4.78 is 33.2. The minimum atomic E-state index is -3.56. The van der Waals surface area contributed by atoms with E-state index in [-0.39, 0.29) is 10.9 Å². The Kier molecular flexibility index (Phi) is 7.37. The van der Waals surface area contributed by atoms with E-state index in [1.165, 1.54) is 6.20 Å². The van der Waals surface area contributed by atoms with Crippen molar-refractivity contribution < 1.29 is 13.2 Å². The van der Waals surface area contributed by atoms with Gasteiger partial charge in [-0.25, -0.2) is 23.1 Å². The first-order valence-electron chi connectivity index (χ1n) is 9.90. The molecule has 1 aromatic carbocycles. The maximum absolute atomic E-state index is 12.4. The van der Waals surface area contributed by atoms with Crippen LogP contribution in [0.5, 0.6) is 11.6 Å². The van der Waals surface area contributed by atoms with E-state index in [4.69, 9.17) is 4.74 Å². The number of nitrogens with zero attached hydrogens (tertiary/aromatic N) is 2.